The molecule has 0 bridgehead atoms. The highest BCUT2D eigenvalue weighted by Crippen LogP contribution is 2.04. The monoisotopic (exact) mass is 205 g/mol. The second-order valence-electron chi connectivity index (χ2n) is 3.53. The molecule has 1 aliphatic heterocycles. The van der Waals surface area contributed by atoms with Gasteiger partial charge in [0.15, 0.2) is 0 Å². The largest absolute Gasteiger partial charge is 0.376 e. The molecule has 4 heteroatoms. The van der Waals surface area contributed by atoms with Crippen molar-refractivity contribution in [2.45, 2.75) is 6.42 Å². The number of nitrogens with zero attached hydrogens (tertiary/aromatic N) is 1. The zero-order valence-electron chi connectivity index (χ0n) is 8.57. The van der Waals surface area contributed by atoms with E-state index < -0.39 is 0 Å². The van der Waals surface area contributed by atoms with E-state index in [0.29, 0.717) is 6.54 Å². The van der Waals surface area contributed by atoms with Crippen molar-refractivity contribution in [3.8, 4) is 0 Å². The lowest BCUT2D eigenvalue weighted by atomic mass is 10.3. The maximum absolute atomic E-state index is 11.6. The van der Waals surface area contributed by atoms with Crippen LogP contribution >= 0.6 is 0 Å². The van der Waals surface area contributed by atoms with E-state index in [1.165, 1.54) is 0 Å². The summed E-state index contributed by atoms with van der Waals surface area (Å²) >= 11 is 0. The zero-order chi connectivity index (χ0) is 10.5. The highest BCUT2D eigenvalue weighted by molar-refractivity contribution is 5.80. The van der Waals surface area contributed by atoms with Gasteiger partial charge in [0.2, 0.25) is 0 Å². The third-order valence-corrected chi connectivity index (χ3v) is 2.38. The molecule has 1 amide bonds. The van der Waals surface area contributed by atoms with Gasteiger partial charge in [-0.15, -0.1) is 0 Å². The van der Waals surface area contributed by atoms with E-state index in [1.54, 1.807) is 5.01 Å². The van der Waals surface area contributed by atoms with E-state index in [2.05, 4.69) is 10.7 Å². The summed E-state index contributed by atoms with van der Waals surface area (Å²) in [4.78, 5) is 11.6. The lowest BCUT2D eigenvalue weighted by Gasteiger charge is -2.16. The Bertz CT molecular complexity index is 320. The first-order valence-electron chi connectivity index (χ1n) is 5.19. The van der Waals surface area contributed by atoms with Crippen molar-refractivity contribution >= 4 is 11.6 Å². The van der Waals surface area contributed by atoms with Crippen LogP contribution in [-0.2, 0) is 4.79 Å². The van der Waals surface area contributed by atoms with Crippen molar-refractivity contribution in [3.63, 3.8) is 0 Å². The van der Waals surface area contributed by atoms with E-state index >= 15 is 0 Å². The van der Waals surface area contributed by atoms with Gasteiger partial charge in [-0.05, 0) is 18.6 Å². The SMILES string of the molecule is O=C(CNc1ccccc1)N1CCCN1. The van der Waals surface area contributed by atoms with Gasteiger partial charge in [0.25, 0.3) is 5.91 Å². The van der Waals surface area contributed by atoms with Gasteiger partial charge in [-0.3, -0.25) is 9.80 Å². The number of hydrogen-bond donors (Lipinski definition) is 2. The van der Waals surface area contributed by atoms with Crippen molar-refractivity contribution in [2.24, 2.45) is 0 Å². The highest BCUT2D eigenvalue weighted by atomic mass is 16.2. The quantitative estimate of drug-likeness (QED) is 0.768. The van der Waals surface area contributed by atoms with Crippen LogP contribution in [0.4, 0.5) is 5.69 Å². The van der Waals surface area contributed by atoms with Crippen molar-refractivity contribution < 1.29 is 4.79 Å². The molecule has 0 radical (unpaired) electrons. The van der Waals surface area contributed by atoms with Crippen LogP contribution in [0.3, 0.4) is 0 Å². The van der Waals surface area contributed by atoms with Gasteiger partial charge >= 0.3 is 0 Å². The molecule has 1 heterocycles. The molecule has 1 aromatic carbocycles. The number of carbonyl (C=O) groups is 1. The first-order valence-corrected chi connectivity index (χ1v) is 5.19. The lowest BCUT2D eigenvalue weighted by Crippen LogP contribution is -2.40. The van der Waals surface area contributed by atoms with E-state index in [9.17, 15) is 4.79 Å². The van der Waals surface area contributed by atoms with Gasteiger partial charge in [-0.25, -0.2) is 5.43 Å². The summed E-state index contributed by atoms with van der Waals surface area (Å²) in [5.41, 5.74) is 4.01. The normalized spacial score (nSPS) is 15.3. The summed E-state index contributed by atoms with van der Waals surface area (Å²) in [5, 5.41) is 4.77. The maximum atomic E-state index is 11.6. The molecule has 80 valence electrons. The number of para-hydroxylation sites is 1. The predicted molar refractivity (Wildman–Crippen MR) is 59.3 cm³/mol. The first kappa shape index (κ1) is 9.98. The minimum atomic E-state index is 0.0938. The second-order valence-corrected chi connectivity index (χ2v) is 3.53. The third kappa shape index (κ3) is 2.70. The predicted octanol–water partition coefficient (Wildman–Crippen LogP) is 0.835. The Kier molecular flexibility index (Phi) is 3.19. The fraction of sp³-hybridized carbons (Fsp3) is 0.364. The summed E-state index contributed by atoms with van der Waals surface area (Å²) in [5.74, 6) is 0.0938. The summed E-state index contributed by atoms with van der Waals surface area (Å²) in [7, 11) is 0. The Morgan fingerprint density at radius 1 is 1.40 bits per heavy atom. The van der Waals surface area contributed by atoms with Gasteiger partial charge in [0.1, 0.15) is 0 Å². The van der Waals surface area contributed by atoms with Crippen LogP contribution < -0.4 is 10.7 Å². The minimum absolute atomic E-state index is 0.0938. The Morgan fingerprint density at radius 3 is 2.87 bits per heavy atom. The van der Waals surface area contributed by atoms with E-state index in [-0.39, 0.29) is 5.91 Å². The summed E-state index contributed by atoms with van der Waals surface area (Å²) in [6, 6.07) is 9.74. The topological polar surface area (TPSA) is 44.4 Å². The van der Waals surface area contributed by atoms with Crippen LogP contribution in [0.2, 0.25) is 0 Å². The van der Waals surface area contributed by atoms with Crippen LogP contribution in [0.15, 0.2) is 30.3 Å². The molecule has 0 saturated carbocycles. The van der Waals surface area contributed by atoms with Gasteiger partial charge in [0, 0.05) is 18.8 Å². The number of hydrazine groups is 1. The molecule has 15 heavy (non-hydrogen) atoms. The van der Waals surface area contributed by atoms with Crippen molar-refractivity contribution in [1.82, 2.24) is 10.4 Å². The van der Waals surface area contributed by atoms with E-state index in [4.69, 9.17) is 0 Å². The smallest absolute Gasteiger partial charge is 0.255 e. The number of benzene rings is 1. The fourth-order valence-corrected chi connectivity index (χ4v) is 1.57. The summed E-state index contributed by atoms with van der Waals surface area (Å²) in [6.45, 7) is 2.06. The molecule has 1 aliphatic rings. The Labute approximate surface area is 89.2 Å². The molecule has 1 fully saturated rings. The van der Waals surface area contributed by atoms with Gasteiger partial charge < -0.3 is 5.32 Å². The van der Waals surface area contributed by atoms with Crippen LogP contribution in [0, 0.1) is 0 Å². The maximum Gasteiger partial charge on any atom is 0.255 e. The van der Waals surface area contributed by atoms with E-state index in [1.807, 2.05) is 30.3 Å². The molecule has 0 unspecified atom stereocenters. The van der Waals surface area contributed by atoms with Crippen LogP contribution in [0.1, 0.15) is 6.42 Å². The van der Waals surface area contributed by atoms with Crippen LogP contribution in [0.5, 0.6) is 0 Å². The number of anilines is 1. The summed E-state index contributed by atoms with van der Waals surface area (Å²) < 4.78 is 0. The fourth-order valence-electron chi connectivity index (χ4n) is 1.57. The first-order chi connectivity index (χ1) is 7.36. The molecule has 2 rings (SSSR count). The zero-order valence-corrected chi connectivity index (χ0v) is 8.57. The molecule has 0 aromatic heterocycles. The third-order valence-electron chi connectivity index (χ3n) is 2.38. The number of amides is 1. The molecule has 2 N–H and O–H groups in total. The molecule has 0 atom stereocenters. The Balaban J connectivity index is 1.80. The second kappa shape index (κ2) is 4.79. The molecular weight excluding hydrogens is 190 g/mol. The number of carbonyl (C=O) groups excluding carboxylic acids is 1. The standard InChI is InChI=1S/C11H15N3O/c15-11(14-8-4-7-13-14)9-12-10-5-2-1-3-6-10/h1-3,5-6,12-13H,4,7-9H2. The number of rotatable bonds is 3. The minimum Gasteiger partial charge on any atom is -0.376 e. The Hall–Kier alpha value is -1.55. The average Bonchev–Trinajstić information content (AvgIpc) is 2.81. The van der Waals surface area contributed by atoms with Crippen molar-refractivity contribution in [3.05, 3.63) is 30.3 Å². The van der Waals surface area contributed by atoms with E-state index in [0.717, 1.165) is 25.2 Å². The Morgan fingerprint density at radius 2 is 2.20 bits per heavy atom. The molecule has 4 nitrogen and oxygen atoms in total. The molecule has 1 saturated heterocycles. The van der Waals surface area contributed by atoms with Gasteiger partial charge in [-0.2, -0.15) is 0 Å². The van der Waals surface area contributed by atoms with Crippen molar-refractivity contribution in [1.29, 1.82) is 0 Å². The highest BCUT2D eigenvalue weighted by Gasteiger charge is 2.16. The summed E-state index contributed by atoms with van der Waals surface area (Å²) in [6.07, 6.45) is 1.04. The molecule has 0 spiro atoms. The molecular formula is C11H15N3O. The van der Waals surface area contributed by atoms with Crippen LogP contribution in [-0.4, -0.2) is 30.6 Å². The molecule has 1 aromatic rings. The average molecular weight is 205 g/mol. The number of nitrogens with one attached hydrogen (secondary N) is 2. The lowest BCUT2D eigenvalue weighted by molar-refractivity contribution is -0.130. The number of hydrogen-bond acceptors (Lipinski definition) is 3. The van der Waals surface area contributed by atoms with Crippen molar-refractivity contribution in [2.75, 3.05) is 25.0 Å². The van der Waals surface area contributed by atoms with Crippen LogP contribution in [0.25, 0.3) is 0 Å². The van der Waals surface area contributed by atoms with Gasteiger partial charge in [0.05, 0.1) is 6.54 Å². The van der Waals surface area contributed by atoms with Gasteiger partial charge in [-0.1, -0.05) is 18.2 Å². The molecule has 0 aliphatic carbocycles.